The Morgan fingerprint density at radius 1 is 1.22 bits per heavy atom. The van der Waals surface area contributed by atoms with Crippen LogP contribution in [0.25, 0.3) is 6.08 Å². The van der Waals surface area contributed by atoms with Crippen molar-refractivity contribution in [3.8, 4) is 5.75 Å². The number of benzene rings is 2. The van der Waals surface area contributed by atoms with E-state index < -0.39 is 17.7 Å². The first-order chi connectivity index (χ1) is 11.0. The molecule has 23 heavy (non-hydrogen) atoms. The average Bonchev–Trinajstić information content (AvgIpc) is 2.53. The van der Waals surface area contributed by atoms with Crippen LogP contribution in [-0.2, 0) is 4.79 Å². The highest BCUT2D eigenvalue weighted by molar-refractivity contribution is 5.92. The third kappa shape index (κ3) is 4.39. The molecular weight excluding hydrogens is 300 g/mol. The molecule has 2 aromatic carbocycles. The molecule has 0 bridgehead atoms. The molecule has 0 saturated heterocycles. The highest BCUT2D eigenvalue weighted by Gasteiger charge is 2.13. The fourth-order valence-corrected chi connectivity index (χ4v) is 2.16. The van der Waals surface area contributed by atoms with Crippen molar-refractivity contribution in [2.24, 2.45) is 0 Å². The van der Waals surface area contributed by atoms with E-state index in [0.29, 0.717) is 5.75 Å². The van der Waals surface area contributed by atoms with Crippen molar-refractivity contribution in [3.05, 3.63) is 71.3 Å². The maximum atomic E-state index is 13.7. The van der Waals surface area contributed by atoms with Gasteiger partial charge in [0.1, 0.15) is 17.4 Å². The normalized spacial score (nSPS) is 12.2. The molecule has 1 N–H and O–H groups in total. The molecule has 2 aromatic rings. The van der Waals surface area contributed by atoms with Crippen LogP contribution in [0.1, 0.15) is 24.1 Å². The lowest BCUT2D eigenvalue weighted by atomic mass is 10.1. The summed E-state index contributed by atoms with van der Waals surface area (Å²) in [7, 11) is 1.55. The predicted molar refractivity (Wildman–Crippen MR) is 84.9 cm³/mol. The monoisotopic (exact) mass is 317 g/mol. The number of methoxy groups -OCH3 is 1. The van der Waals surface area contributed by atoms with Crippen molar-refractivity contribution >= 4 is 12.0 Å². The molecule has 0 spiro atoms. The van der Waals surface area contributed by atoms with E-state index >= 15 is 0 Å². The van der Waals surface area contributed by atoms with Gasteiger partial charge < -0.3 is 10.1 Å². The summed E-state index contributed by atoms with van der Waals surface area (Å²) in [5.74, 6) is -1.08. The van der Waals surface area contributed by atoms with Gasteiger partial charge in [0.2, 0.25) is 5.91 Å². The summed E-state index contributed by atoms with van der Waals surface area (Å²) in [6, 6.07) is 9.95. The standard InChI is InChI=1S/C18H17F2NO2/c1-12(15-9-8-14(19)11-16(15)20)21-18(22)10-7-13-5-3-4-6-17(13)23-2/h3-12H,1-2H3,(H,21,22)/b10-7+/t12-/m0/s1. The van der Waals surface area contributed by atoms with Gasteiger partial charge in [-0.05, 0) is 25.1 Å². The molecule has 1 amide bonds. The van der Waals surface area contributed by atoms with Crippen molar-refractivity contribution in [2.45, 2.75) is 13.0 Å². The third-order valence-corrected chi connectivity index (χ3v) is 3.34. The molecule has 0 aliphatic carbocycles. The van der Waals surface area contributed by atoms with E-state index in [1.807, 2.05) is 18.2 Å². The summed E-state index contributed by atoms with van der Waals surface area (Å²) < 4.78 is 31.8. The number of amides is 1. The summed E-state index contributed by atoms with van der Waals surface area (Å²) in [5, 5.41) is 2.64. The summed E-state index contributed by atoms with van der Waals surface area (Å²) in [5.41, 5.74) is 0.983. The summed E-state index contributed by atoms with van der Waals surface area (Å²) in [6.07, 6.45) is 2.96. The van der Waals surface area contributed by atoms with E-state index in [0.717, 1.165) is 17.7 Å². The number of rotatable bonds is 5. The zero-order valence-electron chi connectivity index (χ0n) is 12.8. The molecule has 0 radical (unpaired) electrons. The maximum Gasteiger partial charge on any atom is 0.244 e. The Labute approximate surface area is 133 Å². The number of halogens is 2. The van der Waals surface area contributed by atoms with Crippen molar-refractivity contribution < 1.29 is 18.3 Å². The molecule has 3 nitrogen and oxygen atoms in total. The average molecular weight is 317 g/mol. The number of ether oxygens (including phenoxy) is 1. The Morgan fingerprint density at radius 2 is 1.96 bits per heavy atom. The second-order valence-electron chi connectivity index (χ2n) is 4.97. The lowest BCUT2D eigenvalue weighted by Gasteiger charge is -2.13. The van der Waals surface area contributed by atoms with E-state index in [1.165, 1.54) is 12.1 Å². The SMILES string of the molecule is COc1ccccc1/C=C/C(=O)N[C@@H](C)c1ccc(F)cc1F. The highest BCUT2D eigenvalue weighted by Crippen LogP contribution is 2.19. The lowest BCUT2D eigenvalue weighted by molar-refractivity contribution is -0.117. The molecule has 2 rings (SSSR count). The molecule has 5 heteroatoms. The first-order valence-corrected chi connectivity index (χ1v) is 7.08. The number of carbonyl (C=O) groups is 1. The Bertz CT molecular complexity index is 729. The van der Waals surface area contributed by atoms with Gasteiger partial charge in [-0.2, -0.15) is 0 Å². The molecule has 0 heterocycles. The minimum Gasteiger partial charge on any atom is -0.496 e. The van der Waals surface area contributed by atoms with E-state index in [2.05, 4.69) is 5.32 Å². The number of hydrogen-bond acceptors (Lipinski definition) is 2. The minimum atomic E-state index is -0.688. The van der Waals surface area contributed by atoms with Crippen LogP contribution < -0.4 is 10.1 Å². The van der Waals surface area contributed by atoms with Gasteiger partial charge in [-0.1, -0.05) is 24.3 Å². The molecule has 0 aromatic heterocycles. The Kier molecular flexibility index (Phi) is 5.46. The van der Waals surface area contributed by atoms with Crippen LogP contribution in [0.15, 0.2) is 48.5 Å². The van der Waals surface area contributed by atoms with Crippen molar-refractivity contribution in [1.82, 2.24) is 5.32 Å². The van der Waals surface area contributed by atoms with Crippen molar-refractivity contribution in [2.75, 3.05) is 7.11 Å². The van der Waals surface area contributed by atoms with E-state index in [4.69, 9.17) is 4.74 Å². The largest absolute Gasteiger partial charge is 0.496 e. The second kappa shape index (κ2) is 7.54. The molecule has 120 valence electrons. The highest BCUT2D eigenvalue weighted by atomic mass is 19.1. The first kappa shape index (κ1) is 16.7. The number of carbonyl (C=O) groups excluding carboxylic acids is 1. The summed E-state index contributed by atoms with van der Waals surface area (Å²) >= 11 is 0. The number of nitrogens with one attached hydrogen (secondary N) is 1. The minimum absolute atomic E-state index is 0.227. The van der Waals surface area contributed by atoms with Crippen molar-refractivity contribution in [1.29, 1.82) is 0 Å². The van der Waals surface area contributed by atoms with Crippen LogP contribution in [0.2, 0.25) is 0 Å². The van der Waals surface area contributed by atoms with Crippen LogP contribution in [0.4, 0.5) is 8.78 Å². The van der Waals surface area contributed by atoms with E-state index in [-0.39, 0.29) is 11.5 Å². The molecular formula is C18H17F2NO2. The van der Waals surface area contributed by atoms with E-state index in [9.17, 15) is 13.6 Å². The van der Waals surface area contributed by atoms with Crippen molar-refractivity contribution in [3.63, 3.8) is 0 Å². The number of para-hydroxylation sites is 1. The zero-order valence-corrected chi connectivity index (χ0v) is 12.8. The van der Waals surface area contributed by atoms with Crippen LogP contribution in [0.5, 0.6) is 5.75 Å². The van der Waals surface area contributed by atoms with Gasteiger partial charge in [-0.25, -0.2) is 8.78 Å². The molecule has 1 atom stereocenters. The Balaban J connectivity index is 2.05. The van der Waals surface area contributed by atoms with Gasteiger partial charge in [0.15, 0.2) is 0 Å². The third-order valence-electron chi connectivity index (χ3n) is 3.34. The summed E-state index contributed by atoms with van der Waals surface area (Å²) in [4.78, 5) is 11.9. The molecule has 0 saturated carbocycles. The maximum absolute atomic E-state index is 13.7. The lowest BCUT2D eigenvalue weighted by Crippen LogP contribution is -2.25. The van der Waals surface area contributed by atoms with Gasteiger partial charge in [-0.3, -0.25) is 4.79 Å². The Morgan fingerprint density at radius 3 is 2.65 bits per heavy atom. The summed E-state index contributed by atoms with van der Waals surface area (Å²) in [6.45, 7) is 1.63. The fourth-order valence-electron chi connectivity index (χ4n) is 2.16. The van der Waals surface area contributed by atoms with Crippen LogP contribution in [0, 0.1) is 11.6 Å². The molecule has 0 aliphatic heterocycles. The second-order valence-corrected chi connectivity index (χ2v) is 4.97. The van der Waals surface area contributed by atoms with Gasteiger partial charge in [0.25, 0.3) is 0 Å². The molecule has 0 unspecified atom stereocenters. The number of hydrogen-bond donors (Lipinski definition) is 1. The van der Waals surface area contributed by atoms with Crippen LogP contribution in [0.3, 0.4) is 0 Å². The zero-order chi connectivity index (χ0) is 16.8. The first-order valence-electron chi connectivity index (χ1n) is 7.08. The molecule has 0 fully saturated rings. The van der Waals surface area contributed by atoms with Crippen LogP contribution >= 0.6 is 0 Å². The smallest absolute Gasteiger partial charge is 0.244 e. The topological polar surface area (TPSA) is 38.3 Å². The van der Waals surface area contributed by atoms with Gasteiger partial charge in [0.05, 0.1) is 13.2 Å². The quantitative estimate of drug-likeness (QED) is 0.850. The Hall–Kier alpha value is -2.69. The van der Waals surface area contributed by atoms with Gasteiger partial charge in [0, 0.05) is 23.3 Å². The predicted octanol–water partition coefficient (Wildman–Crippen LogP) is 3.86. The van der Waals surface area contributed by atoms with E-state index in [1.54, 1.807) is 26.2 Å². The molecule has 0 aliphatic rings. The van der Waals surface area contributed by atoms with Crippen LogP contribution in [-0.4, -0.2) is 13.0 Å². The van der Waals surface area contributed by atoms with Gasteiger partial charge >= 0.3 is 0 Å². The van der Waals surface area contributed by atoms with Gasteiger partial charge in [-0.15, -0.1) is 0 Å². The fraction of sp³-hybridized carbons (Fsp3) is 0.167.